The maximum atomic E-state index is 13.3. The zero-order valence-corrected chi connectivity index (χ0v) is 14.0. The summed E-state index contributed by atoms with van der Waals surface area (Å²) in [6.45, 7) is 7.04. The van der Waals surface area contributed by atoms with Crippen molar-refractivity contribution in [2.24, 2.45) is 5.92 Å². The lowest BCUT2D eigenvalue weighted by atomic mass is 9.96. The Bertz CT molecular complexity index is 495. The van der Waals surface area contributed by atoms with Crippen LogP contribution in [0, 0.1) is 11.7 Å². The molecule has 5 heteroatoms. The van der Waals surface area contributed by atoms with Crippen molar-refractivity contribution < 1.29 is 9.18 Å². The van der Waals surface area contributed by atoms with Gasteiger partial charge in [-0.15, -0.1) is 0 Å². The number of amides is 1. The number of carbonyl (C=O) groups excluding carboxylic acids is 1. The smallest absolute Gasteiger partial charge is 0.224 e. The van der Waals surface area contributed by atoms with Gasteiger partial charge in [0, 0.05) is 26.2 Å². The SMILES string of the molecule is CCCNCCNC(=O)C1CCCN(Cc2cccc(F)c2)C1. The van der Waals surface area contributed by atoms with Gasteiger partial charge in [-0.1, -0.05) is 19.1 Å². The maximum absolute atomic E-state index is 13.3. The molecule has 128 valence electrons. The van der Waals surface area contributed by atoms with Gasteiger partial charge in [0.05, 0.1) is 5.92 Å². The molecule has 1 atom stereocenters. The molecule has 2 rings (SSSR count). The molecule has 0 aromatic heterocycles. The van der Waals surface area contributed by atoms with Crippen LogP contribution in [0.1, 0.15) is 31.7 Å². The Morgan fingerprint density at radius 2 is 2.22 bits per heavy atom. The van der Waals surface area contributed by atoms with Crippen LogP contribution in [-0.4, -0.2) is 43.5 Å². The summed E-state index contributed by atoms with van der Waals surface area (Å²) in [6, 6.07) is 6.71. The van der Waals surface area contributed by atoms with Gasteiger partial charge in [0.25, 0.3) is 0 Å². The molecule has 0 spiro atoms. The van der Waals surface area contributed by atoms with E-state index >= 15 is 0 Å². The topological polar surface area (TPSA) is 44.4 Å². The molecular weight excluding hydrogens is 293 g/mol. The van der Waals surface area contributed by atoms with Gasteiger partial charge in [0.1, 0.15) is 5.82 Å². The monoisotopic (exact) mass is 321 g/mol. The van der Waals surface area contributed by atoms with Crippen molar-refractivity contribution in [1.29, 1.82) is 0 Å². The second-order valence-corrected chi connectivity index (χ2v) is 6.25. The molecule has 1 amide bonds. The van der Waals surface area contributed by atoms with Crippen LogP contribution in [0.5, 0.6) is 0 Å². The van der Waals surface area contributed by atoms with Gasteiger partial charge in [-0.2, -0.15) is 0 Å². The van der Waals surface area contributed by atoms with Crippen LogP contribution in [0.25, 0.3) is 0 Å². The molecule has 1 aliphatic rings. The molecule has 0 saturated carbocycles. The number of hydrogen-bond donors (Lipinski definition) is 2. The van der Waals surface area contributed by atoms with Crippen molar-refractivity contribution in [2.45, 2.75) is 32.7 Å². The second kappa shape index (κ2) is 9.63. The molecule has 2 N–H and O–H groups in total. The zero-order valence-electron chi connectivity index (χ0n) is 14.0. The highest BCUT2D eigenvalue weighted by atomic mass is 19.1. The Morgan fingerprint density at radius 1 is 1.35 bits per heavy atom. The molecule has 0 aliphatic carbocycles. The van der Waals surface area contributed by atoms with E-state index in [0.717, 1.165) is 51.0 Å². The minimum atomic E-state index is -0.201. The quantitative estimate of drug-likeness (QED) is 0.721. The maximum Gasteiger partial charge on any atom is 0.224 e. The lowest BCUT2D eigenvalue weighted by Crippen LogP contribution is -2.44. The summed E-state index contributed by atoms with van der Waals surface area (Å²) in [4.78, 5) is 14.5. The average Bonchev–Trinajstić information content (AvgIpc) is 2.55. The summed E-state index contributed by atoms with van der Waals surface area (Å²) >= 11 is 0. The van der Waals surface area contributed by atoms with E-state index < -0.39 is 0 Å². The van der Waals surface area contributed by atoms with Gasteiger partial charge in [-0.05, 0) is 50.0 Å². The second-order valence-electron chi connectivity index (χ2n) is 6.25. The van der Waals surface area contributed by atoms with E-state index in [1.165, 1.54) is 6.07 Å². The molecule has 0 radical (unpaired) electrons. The van der Waals surface area contributed by atoms with Crippen LogP contribution in [-0.2, 0) is 11.3 Å². The van der Waals surface area contributed by atoms with Crippen molar-refractivity contribution >= 4 is 5.91 Å². The highest BCUT2D eigenvalue weighted by Gasteiger charge is 2.25. The first-order chi connectivity index (χ1) is 11.2. The van der Waals surface area contributed by atoms with E-state index in [9.17, 15) is 9.18 Å². The van der Waals surface area contributed by atoms with Gasteiger partial charge >= 0.3 is 0 Å². The number of benzene rings is 1. The van der Waals surface area contributed by atoms with E-state index in [-0.39, 0.29) is 17.6 Å². The molecule has 0 bridgehead atoms. The highest BCUT2D eigenvalue weighted by Crippen LogP contribution is 2.19. The molecule has 1 aromatic carbocycles. The lowest BCUT2D eigenvalue weighted by molar-refractivity contribution is -0.126. The number of nitrogens with one attached hydrogen (secondary N) is 2. The van der Waals surface area contributed by atoms with Crippen molar-refractivity contribution in [3.05, 3.63) is 35.6 Å². The van der Waals surface area contributed by atoms with Gasteiger partial charge in [0.2, 0.25) is 5.91 Å². The Hall–Kier alpha value is -1.46. The normalized spacial score (nSPS) is 18.8. The summed E-state index contributed by atoms with van der Waals surface area (Å²) in [5.41, 5.74) is 0.967. The third kappa shape index (κ3) is 6.28. The number of nitrogens with zero attached hydrogens (tertiary/aromatic N) is 1. The molecule has 1 heterocycles. The van der Waals surface area contributed by atoms with E-state index in [1.54, 1.807) is 12.1 Å². The first kappa shape index (κ1) is 17.9. The van der Waals surface area contributed by atoms with Crippen LogP contribution < -0.4 is 10.6 Å². The summed E-state index contributed by atoms with van der Waals surface area (Å²) in [6.07, 6.45) is 3.06. The molecule has 23 heavy (non-hydrogen) atoms. The molecule has 1 unspecified atom stereocenters. The van der Waals surface area contributed by atoms with Crippen LogP contribution in [0.15, 0.2) is 24.3 Å². The summed E-state index contributed by atoms with van der Waals surface area (Å²) in [7, 11) is 0. The third-order valence-electron chi connectivity index (χ3n) is 4.20. The largest absolute Gasteiger partial charge is 0.355 e. The number of piperidine rings is 1. The van der Waals surface area contributed by atoms with Crippen LogP contribution >= 0.6 is 0 Å². The summed E-state index contributed by atoms with van der Waals surface area (Å²) in [5.74, 6) is -0.0101. The zero-order chi connectivity index (χ0) is 16.5. The standard InChI is InChI=1S/C18H28FN3O/c1-2-8-20-9-10-21-18(23)16-6-4-11-22(14-16)13-15-5-3-7-17(19)12-15/h3,5,7,12,16,20H,2,4,6,8-11,13-14H2,1H3,(H,21,23). The fourth-order valence-electron chi connectivity index (χ4n) is 3.03. The van der Waals surface area contributed by atoms with Crippen molar-refractivity contribution in [3.8, 4) is 0 Å². The van der Waals surface area contributed by atoms with Gasteiger partial charge in [-0.25, -0.2) is 4.39 Å². The highest BCUT2D eigenvalue weighted by molar-refractivity contribution is 5.78. The fourth-order valence-corrected chi connectivity index (χ4v) is 3.03. The molecular formula is C18H28FN3O. The fraction of sp³-hybridized carbons (Fsp3) is 0.611. The Morgan fingerprint density at radius 3 is 3.00 bits per heavy atom. The van der Waals surface area contributed by atoms with Crippen molar-refractivity contribution in [1.82, 2.24) is 15.5 Å². The minimum absolute atomic E-state index is 0.0449. The van der Waals surface area contributed by atoms with Crippen molar-refractivity contribution in [2.75, 3.05) is 32.7 Å². The third-order valence-corrected chi connectivity index (χ3v) is 4.20. The van der Waals surface area contributed by atoms with Gasteiger partial charge in [0.15, 0.2) is 0 Å². The minimum Gasteiger partial charge on any atom is -0.355 e. The number of halogens is 1. The Kier molecular flexibility index (Phi) is 7.49. The first-order valence-electron chi connectivity index (χ1n) is 8.64. The van der Waals surface area contributed by atoms with E-state index in [0.29, 0.717) is 13.1 Å². The predicted octanol–water partition coefficient (Wildman–Crippen LogP) is 2.15. The lowest BCUT2D eigenvalue weighted by Gasteiger charge is -2.32. The number of likely N-dealkylation sites (tertiary alicyclic amines) is 1. The summed E-state index contributed by atoms with van der Waals surface area (Å²) < 4.78 is 13.3. The Labute approximate surface area is 138 Å². The number of rotatable bonds is 8. The van der Waals surface area contributed by atoms with Gasteiger partial charge in [-0.3, -0.25) is 9.69 Å². The molecule has 4 nitrogen and oxygen atoms in total. The molecule has 1 fully saturated rings. The number of hydrogen-bond acceptors (Lipinski definition) is 3. The molecule has 1 saturated heterocycles. The average molecular weight is 321 g/mol. The Balaban J connectivity index is 1.75. The van der Waals surface area contributed by atoms with Gasteiger partial charge < -0.3 is 10.6 Å². The van der Waals surface area contributed by atoms with E-state index in [1.807, 2.05) is 6.07 Å². The van der Waals surface area contributed by atoms with Crippen LogP contribution in [0.4, 0.5) is 4.39 Å². The molecule has 1 aromatic rings. The van der Waals surface area contributed by atoms with E-state index in [2.05, 4.69) is 22.5 Å². The van der Waals surface area contributed by atoms with E-state index in [4.69, 9.17) is 0 Å². The molecule has 1 aliphatic heterocycles. The van der Waals surface area contributed by atoms with Crippen LogP contribution in [0.3, 0.4) is 0 Å². The number of carbonyl (C=O) groups is 1. The first-order valence-corrected chi connectivity index (χ1v) is 8.64. The van der Waals surface area contributed by atoms with Crippen molar-refractivity contribution in [3.63, 3.8) is 0 Å². The summed E-state index contributed by atoms with van der Waals surface area (Å²) in [5, 5.41) is 6.30. The predicted molar refractivity (Wildman–Crippen MR) is 90.6 cm³/mol. The van der Waals surface area contributed by atoms with Crippen LogP contribution in [0.2, 0.25) is 0 Å².